The van der Waals surface area contributed by atoms with Gasteiger partial charge in [-0.3, -0.25) is 0 Å². The van der Waals surface area contributed by atoms with Crippen LogP contribution in [0.5, 0.6) is 0 Å². The molecule has 0 aliphatic rings. The normalized spacial score (nSPS) is 10.5. The Morgan fingerprint density at radius 2 is 0.600 bits per heavy atom. The number of aliphatic hydroxyl groups is 8. The van der Waals surface area contributed by atoms with E-state index in [0.717, 1.165) is 48.6 Å². The molecule has 0 bridgehead atoms. The number of carboxylic acids is 2. The fraction of sp³-hybridized carbons (Fsp3) is 0.222. The molecule has 0 saturated heterocycles. The average molecular weight is 1130 g/mol. The number of hydrogen-bond acceptors (Lipinski definition) is 10. The number of aliphatic hydroxyl groups excluding tert-OH is 4. The minimum Gasteiger partial charge on any atom is -0.478 e. The minimum atomic E-state index is -1.50. The van der Waals surface area contributed by atoms with Gasteiger partial charge in [-0.05, 0) is 24.3 Å². The Hall–Kier alpha value is 3.03. The van der Waals surface area contributed by atoms with Crippen LogP contribution >= 0.6 is 0 Å². The summed E-state index contributed by atoms with van der Waals surface area (Å²) in [6.45, 7) is 0. The maximum Gasteiger partial charge on any atom is 3.00 e. The molecule has 17 heteroatoms. The summed E-state index contributed by atoms with van der Waals surface area (Å²) in [4.78, 5) is 19.6. The van der Waals surface area contributed by atoms with Gasteiger partial charge in [-0.25, -0.2) is 9.59 Å². The Morgan fingerprint density at radius 3 is 0.714 bits per heavy atom. The quantitative estimate of drug-likeness (QED) is 0.0668. The van der Waals surface area contributed by atoms with Crippen LogP contribution in [0.4, 0.5) is 0 Å². The summed E-state index contributed by atoms with van der Waals surface area (Å²) >= 11 is 0. The van der Waals surface area contributed by atoms with Gasteiger partial charge >= 0.3 is 47.5 Å². The van der Waals surface area contributed by atoms with Gasteiger partial charge in [0.15, 0.2) is 25.2 Å². The maximum absolute atomic E-state index is 9.78. The van der Waals surface area contributed by atoms with Crippen molar-refractivity contribution in [3.8, 4) is 0 Å². The van der Waals surface area contributed by atoms with Gasteiger partial charge in [-0.2, -0.15) is 0 Å². The van der Waals surface area contributed by atoms with Crippen LogP contribution in [0.2, 0.25) is 0 Å². The monoisotopic (exact) mass is 1130 g/mol. The van der Waals surface area contributed by atoms with Gasteiger partial charge < -0.3 is 51.1 Å². The standard InChI is InChI=1S/2C6H10O4.C6H6O4.5La/c3*7-5(8)3-1-2-4-6(9)10;;;;;/h2*1-10H;1-4H,(H,7,8)(H,9,10);;;;;/q;;;;;;;+3/b3-1+,4-2+;2*3-1-,4-2+;;;;;. The summed E-state index contributed by atoms with van der Waals surface area (Å²) in [5.74, 6) is -2.20. The number of hydrogen-bond donors (Lipinski definition) is 10. The summed E-state index contributed by atoms with van der Waals surface area (Å²) < 4.78 is 0. The van der Waals surface area contributed by atoms with Crippen molar-refractivity contribution in [1.82, 2.24) is 0 Å². The van der Waals surface area contributed by atoms with Gasteiger partial charge in [-0.1, -0.05) is 36.5 Å². The van der Waals surface area contributed by atoms with Crippen LogP contribution in [-0.2, 0) is 9.59 Å². The van der Waals surface area contributed by atoms with Crippen LogP contribution < -0.4 is 0 Å². The number of carbonyl (C=O) groups is 2. The molecule has 0 spiro atoms. The first-order chi connectivity index (χ1) is 13.9. The summed E-state index contributed by atoms with van der Waals surface area (Å²) in [6, 6.07) is 0. The third-order valence-corrected chi connectivity index (χ3v) is 1.94. The number of rotatable bonds is 9. The van der Waals surface area contributed by atoms with E-state index in [1.54, 1.807) is 0 Å². The first-order valence-corrected chi connectivity index (χ1v) is 7.83. The second-order valence-electron chi connectivity index (χ2n) is 4.59. The van der Waals surface area contributed by atoms with Crippen LogP contribution in [0.1, 0.15) is 0 Å². The zero-order chi connectivity index (χ0) is 23.9. The van der Waals surface area contributed by atoms with E-state index < -0.39 is 37.1 Å². The van der Waals surface area contributed by atoms with E-state index in [1.807, 2.05) is 0 Å². The molecule has 35 heavy (non-hydrogen) atoms. The second kappa shape index (κ2) is 44.1. The van der Waals surface area contributed by atoms with Crippen molar-refractivity contribution in [3.05, 3.63) is 72.9 Å². The molecule has 0 aromatic rings. The molecule has 12 nitrogen and oxygen atoms in total. The van der Waals surface area contributed by atoms with E-state index in [9.17, 15) is 9.59 Å². The fourth-order valence-electron chi connectivity index (χ4n) is 0.930. The Labute approximate surface area is 342 Å². The van der Waals surface area contributed by atoms with Crippen molar-refractivity contribution in [1.29, 1.82) is 0 Å². The van der Waals surface area contributed by atoms with Crippen LogP contribution in [0.3, 0.4) is 0 Å². The van der Waals surface area contributed by atoms with Crippen LogP contribution in [0.25, 0.3) is 0 Å². The molecular weight excluding hydrogens is 1100 g/mol. The zero-order valence-corrected chi connectivity index (χ0v) is 36.5. The predicted molar refractivity (Wildman–Crippen MR) is 103 cm³/mol. The molecule has 182 valence electrons. The topological polar surface area (TPSA) is 236 Å². The summed E-state index contributed by atoms with van der Waals surface area (Å²) in [6.07, 6.45) is 7.48. The Morgan fingerprint density at radius 1 is 0.429 bits per heavy atom. The zero-order valence-electron chi connectivity index (χ0n) is 18.4. The average Bonchev–Trinajstić information content (AvgIpc) is 2.60. The van der Waals surface area contributed by atoms with Gasteiger partial charge in [0, 0.05) is 155 Å². The van der Waals surface area contributed by atoms with Crippen molar-refractivity contribution in [2.45, 2.75) is 25.2 Å². The van der Waals surface area contributed by atoms with Crippen LogP contribution in [-0.4, -0.2) is 88.2 Å². The molecule has 0 atom stereocenters. The summed E-state index contributed by atoms with van der Waals surface area (Å²) in [5, 5.41) is 81.8. The molecule has 0 aromatic carbocycles. The fourth-order valence-corrected chi connectivity index (χ4v) is 0.930. The Balaban J connectivity index is -0.0000000486. The molecule has 4 radical (unpaired) electrons. The molecule has 0 aliphatic heterocycles. The van der Waals surface area contributed by atoms with Gasteiger partial charge in [0.05, 0.1) is 0 Å². The van der Waals surface area contributed by atoms with Crippen molar-refractivity contribution in [2.24, 2.45) is 0 Å². The van der Waals surface area contributed by atoms with Crippen molar-refractivity contribution >= 4 is 11.9 Å². The van der Waals surface area contributed by atoms with Gasteiger partial charge in [0.2, 0.25) is 0 Å². The van der Waals surface area contributed by atoms with E-state index in [0.29, 0.717) is 0 Å². The first-order valence-electron chi connectivity index (χ1n) is 7.83. The largest absolute Gasteiger partial charge is 3.00 e. The molecule has 0 rings (SSSR count). The maximum atomic E-state index is 9.78. The third kappa shape index (κ3) is 78.7. The molecule has 10 N–H and O–H groups in total. The first kappa shape index (κ1) is 57.8. The minimum absolute atomic E-state index is 0. The predicted octanol–water partition coefficient (Wildman–Crippen LogP) is -2.29. The van der Waals surface area contributed by atoms with Gasteiger partial charge in [0.25, 0.3) is 0 Å². The summed E-state index contributed by atoms with van der Waals surface area (Å²) in [7, 11) is 0. The van der Waals surface area contributed by atoms with Crippen molar-refractivity contribution in [2.75, 3.05) is 0 Å². The molecule has 0 amide bonds. The SMILES string of the molecule is O=C(O)/C=C\C=C\C(=O)O.OC(O)/C=C/C=C/C(O)O.OC(O)/C=C\C=C\C(O)O.[La+3].[La].[La].[La].[La]. The number of aliphatic carboxylic acids is 2. The molecule has 0 aromatic heterocycles. The Bertz CT molecular complexity index is 545. The molecule has 0 aliphatic carbocycles. The van der Waals surface area contributed by atoms with E-state index in [1.165, 1.54) is 24.3 Å². The van der Waals surface area contributed by atoms with E-state index in [4.69, 9.17) is 51.1 Å². The smallest absolute Gasteiger partial charge is 0.478 e. The Kier molecular flexibility index (Phi) is 72.8. The van der Waals surface area contributed by atoms with Crippen LogP contribution in [0.15, 0.2) is 72.9 Å². The molecule has 0 unspecified atom stereocenters. The number of allylic oxidation sites excluding steroid dienone is 6. The van der Waals surface area contributed by atoms with Crippen molar-refractivity contribution < 1.29 is 239 Å². The molecule has 0 saturated carbocycles. The molecule has 0 heterocycles. The molecule has 0 fully saturated rings. The van der Waals surface area contributed by atoms with E-state index in [2.05, 4.69) is 0 Å². The number of carboxylic acid groups (broad SMARTS) is 2. The third-order valence-electron chi connectivity index (χ3n) is 1.94. The van der Waals surface area contributed by atoms with E-state index in [-0.39, 0.29) is 178 Å². The van der Waals surface area contributed by atoms with Gasteiger partial charge in [0.1, 0.15) is 0 Å². The summed E-state index contributed by atoms with van der Waals surface area (Å²) in [5.41, 5.74) is 0. The van der Waals surface area contributed by atoms with E-state index >= 15 is 0 Å². The van der Waals surface area contributed by atoms with Gasteiger partial charge in [-0.15, -0.1) is 0 Å². The second-order valence-corrected chi connectivity index (χ2v) is 4.59. The van der Waals surface area contributed by atoms with Crippen LogP contribution in [0, 0.1) is 178 Å². The van der Waals surface area contributed by atoms with Crippen molar-refractivity contribution in [3.63, 3.8) is 0 Å². The molecular formula is C18H26La5O12+3.